The van der Waals surface area contributed by atoms with Crippen LogP contribution in [-0.2, 0) is 4.74 Å². The van der Waals surface area contributed by atoms with E-state index in [0.29, 0.717) is 16.4 Å². The van der Waals surface area contributed by atoms with Gasteiger partial charge in [0, 0.05) is 35.7 Å². The maximum atomic E-state index is 10.2. The van der Waals surface area contributed by atoms with E-state index >= 15 is 0 Å². The predicted molar refractivity (Wildman–Crippen MR) is 69.8 cm³/mol. The number of rotatable bonds is 5. The minimum Gasteiger partial charge on any atom is -0.392 e. The fourth-order valence-electron chi connectivity index (χ4n) is 1.82. The summed E-state index contributed by atoms with van der Waals surface area (Å²) in [6.45, 7) is 5.10. The van der Waals surface area contributed by atoms with Gasteiger partial charge in [-0.15, -0.1) is 0 Å². The van der Waals surface area contributed by atoms with E-state index in [2.05, 4.69) is 13.8 Å². The standard InChI is InChI=1S/C11H22O2S2/c1-8(4-5-13-3)10(12)11-9(2)14-6-7-15-11/h8-12H,4-7H2,1-3H3. The quantitative estimate of drug-likeness (QED) is 0.810. The average Bonchev–Trinajstić information content (AvgIpc) is 2.25. The fourth-order valence-corrected chi connectivity index (χ4v) is 4.80. The molecular weight excluding hydrogens is 228 g/mol. The van der Waals surface area contributed by atoms with Crippen LogP contribution < -0.4 is 0 Å². The largest absolute Gasteiger partial charge is 0.392 e. The van der Waals surface area contributed by atoms with Crippen LogP contribution in [-0.4, -0.2) is 46.9 Å². The first-order valence-electron chi connectivity index (χ1n) is 5.57. The summed E-state index contributed by atoms with van der Waals surface area (Å²) < 4.78 is 5.05. The molecule has 0 aromatic rings. The molecule has 0 aromatic heterocycles. The van der Waals surface area contributed by atoms with Gasteiger partial charge in [0.05, 0.1) is 6.10 Å². The highest BCUT2D eigenvalue weighted by Gasteiger charge is 2.31. The second-order valence-corrected chi connectivity index (χ2v) is 6.93. The summed E-state index contributed by atoms with van der Waals surface area (Å²) in [5, 5.41) is 11.2. The number of hydrogen-bond acceptors (Lipinski definition) is 4. The van der Waals surface area contributed by atoms with Gasteiger partial charge in [-0.1, -0.05) is 13.8 Å². The van der Waals surface area contributed by atoms with Crippen LogP contribution in [0.15, 0.2) is 0 Å². The highest BCUT2D eigenvalue weighted by molar-refractivity contribution is 8.07. The molecule has 1 heterocycles. The van der Waals surface area contributed by atoms with Gasteiger partial charge in [-0.05, 0) is 12.3 Å². The molecule has 4 unspecified atom stereocenters. The molecule has 1 N–H and O–H groups in total. The van der Waals surface area contributed by atoms with Crippen molar-refractivity contribution in [2.45, 2.75) is 36.9 Å². The smallest absolute Gasteiger partial charge is 0.0695 e. The number of aliphatic hydroxyl groups excluding tert-OH is 1. The highest BCUT2D eigenvalue weighted by Crippen LogP contribution is 2.35. The molecule has 2 nitrogen and oxygen atoms in total. The van der Waals surface area contributed by atoms with Gasteiger partial charge in [0.15, 0.2) is 0 Å². The Bertz CT molecular complexity index is 178. The van der Waals surface area contributed by atoms with Crippen molar-refractivity contribution in [2.24, 2.45) is 5.92 Å². The highest BCUT2D eigenvalue weighted by atomic mass is 32.2. The summed E-state index contributed by atoms with van der Waals surface area (Å²) >= 11 is 3.91. The average molecular weight is 250 g/mol. The van der Waals surface area contributed by atoms with Crippen molar-refractivity contribution in [3.63, 3.8) is 0 Å². The number of thioether (sulfide) groups is 2. The lowest BCUT2D eigenvalue weighted by molar-refractivity contribution is 0.0866. The van der Waals surface area contributed by atoms with E-state index in [9.17, 15) is 5.11 Å². The minimum absolute atomic E-state index is 0.187. The van der Waals surface area contributed by atoms with Crippen LogP contribution in [0, 0.1) is 5.92 Å². The van der Waals surface area contributed by atoms with Crippen molar-refractivity contribution < 1.29 is 9.84 Å². The molecule has 1 rings (SSSR count). The van der Waals surface area contributed by atoms with Gasteiger partial charge < -0.3 is 9.84 Å². The summed E-state index contributed by atoms with van der Waals surface area (Å²) in [6, 6.07) is 0. The number of aliphatic hydroxyl groups is 1. The van der Waals surface area contributed by atoms with Crippen molar-refractivity contribution in [1.29, 1.82) is 0 Å². The fraction of sp³-hybridized carbons (Fsp3) is 1.00. The second kappa shape index (κ2) is 7.05. The van der Waals surface area contributed by atoms with Crippen molar-refractivity contribution in [3.8, 4) is 0 Å². The van der Waals surface area contributed by atoms with Crippen LogP contribution in [0.4, 0.5) is 0 Å². The molecule has 1 aliphatic heterocycles. The molecule has 0 saturated carbocycles. The maximum Gasteiger partial charge on any atom is 0.0695 e. The molecule has 1 saturated heterocycles. The zero-order valence-corrected chi connectivity index (χ0v) is 11.4. The van der Waals surface area contributed by atoms with Crippen LogP contribution in [0.5, 0.6) is 0 Å². The third-order valence-corrected chi connectivity index (χ3v) is 6.14. The van der Waals surface area contributed by atoms with Crippen LogP contribution in [0.3, 0.4) is 0 Å². The van der Waals surface area contributed by atoms with Crippen LogP contribution >= 0.6 is 23.5 Å². The van der Waals surface area contributed by atoms with E-state index in [1.165, 1.54) is 11.5 Å². The zero-order chi connectivity index (χ0) is 11.3. The summed E-state index contributed by atoms with van der Waals surface area (Å²) in [6.07, 6.45) is 0.763. The van der Waals surface area contributed by atoms with Crippen molar-refractivity contribution in [2.75, 3.05) is 25.2 Å². The molecule has 0 spiro atoms. The van der Waals surface area contributed by atoms with Gasteiger partial charge in [-0.3, -0.25) is 0 Å². The van der Waals surface area contributed by atoms with Crippen LogP contribution in [0.2, 0.25) is 0 Å². The molecule has 0 bridgehead atoms. The molecule has 4 atom stereocenters. The first kappa shape index (κ1) is 13.7. The third-order valence-electron chi connectivity index (χ3n) is 2.93. The van der Waals surface area contributed by atoms with Gasteiger partial charge in [-0.25, -0.2) is 0 Å². The summed E-state index contributed by atoms with van der Waals surface area (Å²) in [5.74, 6) is 2.73. The summed E-state index contributed by atoms with van der Waals surface area (Å²) in [5.41, 5.74) is 0. The summed E-state index contributed by atoms with van der Waals surface area (Å²) in [7, 11) is 1.72. The molecule has 0 amide bonds. The molecule has 90 valence electrons. The Kier molecular flexibility index (Phi) is 6.43. The molecule has 0 aliphatic carbocycles. The molecule has 1 fully saturated rings. The normalized spacial score (nSPS) is 31.2. The van der Waals surface area contributed by atoms with E-state index in [4.69, 9.17) is 4.74 Å². The van der Waals surface area contributed by atoms with Crippen LogP contribution in [0.1, 0.15) is 20.3 Å². The lowest BCUT2D eigenvalue weighted by Crippen LogP contribution is -2.39. The lowest BCUT2D eigenvalue weighted by atomic mass is 9.97. The molecule has 4 heteroatoms. The minimum atomic E-state index is -0.187. The monoisotopic (exact) mass is 250 g/mol. The molecule has 1 aliphatic rings. The van der Waals surface area contributed by atoms with Gasteiger partial charge in [0.25, 0.3) is 0 Å². The van der Waals surface area contributed by atoms with Crippen LogP contribution in [0.25, 0.3) is 0 Å². The Balaban J connectivity index is 2.39. The Morgan fingerprint density at radius 2 is 2.07 bits per heavy atom. The van der Waals surface area contributed by atoms with E-state index in [1.807, 2.05) is 23.5 Å². The number of methoxy groups -OCH3 is 1. The Labute approximate surface area is 102 Å². The van der Waals surface area contributed by atoms with Crippen molar-refractivity contribution in [1.82, 2.24) is 0 Å². The Morgan fingerprint density at radius 1 is 1.40 bits per heavy atom. The van der Waals surface area contributed by atoms with Crippen molar-refractivity contribution >= 4 is 23.5 Å². The SMILES string of the molecule is COCCC(C)C(O)C1SCCSC1C. The molecule has 15 heavy (non-hydrogen) atoms. The maximum absolute atomic E-state index is 10.2. The molecule has 0 radical (unpaired) electrons. The topological polar surface area (TPSA) is 29.5 Å². The Morgan fingerprint density at radius 3 is 2.67 bits per heavy atom. The summed E-state index contributed by atoms with van der Waals surface area (Å²) in [4.78, 5) is 0. The van der Waals surface area contributed by atoms with E-state index in [1.54, 1.807) is 7.11 Å². The van der Waals surface area contributed by atoms with Gasteiger partial charge in [0.2, 0.25) is 0 Å². The second-order valence-electron chi connectivity index (χ2n) is 4.16. The van der Waals surface area contributed by atoms with E-state index in [0.717, 1.165) is 13.0 Å². The first-order valence-corrected chi connectivity index (χ1v) is 7.66. The molecule has 0 aromatic carbocycles. The number of hydrogen-bond donors (Lipinski definition) is 1. The van der Waals surface area contributed by atoms with E-state index in [-0.39, 0.29) is 6.10 Å². The van der Waals surface area contributed by atoms with E-state index < -0.39 is 0 Å². The third kappa shape index (κ3) is 4.17. The van der Waals surface area contributed by atoms with Gasteiger partial charge in [0.1, 0.15) is 0 Å². The zero-order valence-electron chi connectivity index (χ0n) is 9.81. The first-order chi connectivity index (χ1) is 7.16. The van der Waals surface area contributed by atoms with Gasteiger partial charge >= 0.3 is 0 Å². The van der Waals surface area contributed by atoms with Gasteiger partial charge in [-0.2, -0.15) is 23.5 Å². The Hall–Kier alpha value is 0.620. The lowest BCUT2D eigenvalue weighted by Gasteiger charge is -2.34. The molecular formula is C11H22O2S2. The predicted octanol–water partition coefficient (Wildman–Crippen LogP) is 2.26. The van der Waals surface area contributed by atoms with Crippen molar-refractivity contribution in [3.05, 3.63) is 0 Å². The number of ether oxygens (including phenoxy) is 1.